The van der Waals surface area contributed by atoms with Crippen molar-refractivity contribution >= 4 is 21.6 Å². The molecule has 1 aliphatic rings. The molecule has 2 N–H and O–H groups in total. The second kappa shape index (κ2) is 5.38. The number of anilines is 1. The maximum Gasteiger partial charge on any atom is 0.0662 e. The van der Waals surface area contributed by atoms with Crippen LogP contribution in [0.2, 0.25) is 0 Å². The van der Waals surface area contributed by atoms with Crippen molar-refractivity contribution in [2.24, 2.45) is 5.92 Å². The maximum absolute atomic E-state index is 9.66. The van der Waals surface area contributed by atoms with Crippen molar-refractivity contribution in [1.82, 2.24) is 0 Å². The number of nitrogens with one attached hydrogen (secondary N) is 1. The molecule has 4 heteroatoms. The van der Waals surface area contributed by atoms with Gasteiger partial charge in [-0.2, -0.15) is 0 Å². The van der Waals surface area contributed by atoms with Gasteiger partial charge in [-0.05, 0) is 41.4 Å². The lowest BCUT2D eigenvalue weighted by Gasteiger charge is -2.35. The van der Waals surface area contributed by atoms with Gasteiger partial charge >= 0.3 is 0 Å². The van der Waals surface area contributed by atoms with E-state index in [-0.39, 0.29) is 12.1 Å². The van der Waals surface area contributed by atoms with Crippen molar-refractivity contribution in [3.63, 3.8) is 0 Å². The van der Waals surface area contributed by atoms with Gasteiger partial charge in [0.2, 0.25) is 0 Å². The predicted octanol–water partition coefficient (Wildman–Crippen LogP) is 2.65. The van der Waals surface area contributed by atoms with Crippen LogP contribution in [-0.4, -0.2) is 30.5 Å². The molecule has 2 atom stereocenters. The van der Waals surface area contributed by atoms with Crippen molar-refractivity contribution in [1.29, 1.82) is 0 Å². The number of hydrogen-bond donors (Lipinski definition) is 2. The monoisotopic (exact) mass is 299 g/mol. The molecule has 1 aromatic rings. The largest absolute Gasteiger partial charge is 0.394 e. The third kappa shape index (κ3) is 2.81. The first kappa shape index (κ1) is 12.9. The molecule has 94 valence electrons. The number of aliphatic hydroxyl groups excluding tert-OH is 1. The molecule has 0 saturated carbocycles. The second-order valence-corrected chi connectivity index (χ2v) is 5.60. The number of rotatable bonds is 4. The summed E-state index contributed by atoms with van der Waals surface area (Å²) < 4.78 is 6.42. The minimum Gasteiger partial charge on any atom is -0.394 e. The molecule has 0 radical (unpaired) electrons. The molecule has 0 aliphatic carbocycles. The number of benzene rings is 1. The molecule has 0 spiro atoms. The highest BCUT2D eigenvalue weighted by Gasteiger charge is 2.36. The van der Waals surface area contributed by atoms with E-state index in [2.05, 4.69) is 21.2 Å². The van der Waals surface area contributed by atoms with E-state index in [9.17, 15) is 5.11 Å². The fourth-order valence-corrected chi connectivity index (χ4v) is 2.56. The standard InChI is InChI=1S/C13H18BrNO2/c1-13(9-16,10-6-7-17-8-10)15-12-5-3-2-4-11(12)14/h2-5,10,15-16H,6-9H2,1H3. The summed E-state index contributed by atoms with van der Waals surface area (Å²) in [7, 11) is 0. The van der Waals surface area contributed by atoms with E-state index in [4.69, 9.17) is 4.74 Å². The van der Waals surface area contributed by atoms with Gasteiger partial charge in [-0.15, -0.1) is 0 Å². The molecule has 1 fully saturated rings. The first-order valence-corrected chi connectivity index (χ1v) is 6.66. The van der Waals surface area contributed by atoms with Gasteiger partial charge in [0.1, 0.15) is 0 Å². The van der Waals surface area contributed by atoms with Gasteiger partial charge in [0.25, 0.3) is 0 Å². The van der Waals surface area contributed by atoms with Gasteiger partial charge in [0, 0.05) is 22.7 Å². The first-order chi connectivity index (χ1) is 8.15. The highest BCUT2D eigenvalue weighted by molar-refractivity contribution is 9.10. The van der Waals surface area contributed by atoms with Crippen LogP contribution in [0.3, 0.4) is 0 Å². The number of ether oxygens (including phenoxy) is 1. The maximum atomic E-state index is 9.66. The Morgan fingerprint density at radius 3 is 2.88 bits per heavy atom. The van der Waals surface area contributed by atoms with Crippen LogP contribution in [0.1, 0.15) is 13.3 Å². The van der Waals surface area contributed by atoms with Crippen LogP contribution < -0.4 is 5.32 Å². The molecule has 2 rings (SSSR count). The highest BCUT2D eigenvalue weighted by Crippen LogP contribution is 2.32. The second-order valence-electron chi connectivity index (χ2n) is 4.74. The van der Waals surface area contributed by atoms with E-state index in [1.807, 2.05) is 31.2 Å². The Labute approximate surface area is 110 Å². The Kier molecular flexibility index (Phi) is 4.07. The zero-order chi connectivity index (χ0) is 12.3. The van der Waals surface area contributed by atoms with E-state index >= 15 is 0 Å². The third-order valence-corrected chi connectivity index (χ3v) is 4.14. The minimum atomic E-state index is -0.333. The molecule has 0 aromatic heterocycles. The van der Waals surface area contributed by atoms with Gasteiger partial charge in [-0.3, -0.25) is 0 Å². The van der Waals surface area contributed by atoms with Gasteiger partial charge in [-0.25, -0.2) is 0 Å². The zero-order valence-electron chi connectivity index (χ0n) is 9.95. The van der Waals surface area contributed by atoms with Gasteiger partial charge in [-0.1, -0.05) is 12.1 Å². The Morgan fingerprint density at radius 2 is 2.29 bits per heavy atom. The first-order valence-electron chi connectivity index (χ1n) is 5.87. The summed E-state index contributed by atoms with van der Waals surface area (Å²) in [5, 5.41) is 13.1. The van der Waals surface area contributed by atoms with E-state index < -0.39 is 0 Å². The molecular formula is C13H18BrNO2. The quantitative estimate of drug-likeness (QED) is 0.898. The number of aliphatic hydroxyl groups is 1. The summed E-state index contributed by atoms with van der Waals surface area (Å²) in [4.78, 5) is 0. The van der Waals surface area contributed by atoms with E-state index in [1.165, 1.54) is 0 Å². The van der Waals surface area contributed by atoms with Crippen LogP contribution in [0.25, 0.3) is 0 Å². The summed E-state index contributed by atoms with van der Waals surface area (Å²) in [5.41, 5.74) is 0.677. The summed E-state index contributed by atoms with van der Waals surface area (Å²) in [6, 6.07) is 7.96. The van der Waals surface area contributed by atoms with Crippen LogP contribution in [0, 0.1) is 5.92 Å². The van der Waals surface area contributed by atoms with Crippen molar-refractivity contribution in [2.75, 3.05) is 25.1 Å². The summed E-state index contributed by atoms with van der Waals surface area (Å²) in [6.45, 7) is 3.65. The number of hydrogen-bond acceptors (Lipinski definition) is 3. The van der Waals surface area contributed by atoms with Gasteiger partial charge in [0.05, 0.1) is 18.8 Å². The highest BCUT2D eigenvalue weighted by atomic mass is 79.9. The summed E-state index contributed by atoms with van der Waals surface area (Å²) >= 11 is 3.51. The molecule has 2 unspecified atom stereocenters. The molecule has 0 bridgehead atoms. The fraction of sp³-hybridized carbons (Fsp3) is 0.538. The average Bonchev–Trinajstić information content (AvgIpc) is 2.86. The third-order valence-electron chi connectivity index (χ3n) is 3.45. The zero-order valence-corrected chi connectivity index (χ0v) is 11.5. The summed E-state index contributed by atoms with van der Waals surface area (Å²) in [6.07, 6.45) is 0.995. The van der Waals surface area contributed by atoms with Crippen LogP contribution >= 0.6 is 15.9 Å². The van der Waals surface area contributed by atoms with Gasteiger partial charge in [0.15, 0.2) is 0 Å². The lowest BCUT2D eigenvalue weighted by atomic mass is 9.85. The molecule has 1 saturated heterocycles. The molecule has 1 aliphatic heterocycles. The van der Waals surface area contributed by atoms with Crippen molar-refractivity contribution in [2.45, 2.75) is 18.9 Å². The van der Waals surface area contributed by atoms with Crippen LogP contribution in [0.5, 0.6) is 0 Å². The molecule has 17 heavy (non-hydrogen) atoms. The van der Waals surface area contributed by atoms with Crippen LogP contribution in [0.4, 0.5) is 5.69 Å². The van der Waals surface area contributed by atoms with E-state index in [0.29, 0.717) is 12.5 Å². The van der Waals surface area contributed by atoms with E-state index in [1.54, 1.807) is 0 Å². The van der Waals surface area contributed by atoms with Crippen molar-refractivity contribution in [3.8, 4) is 0 Å². The van der Waals surface area contributed by atoms with Crippen LogP contribution in [-0.2, 0) is 4.74 Å². The molecule has 3 nitrogen and oxygen atoms in total. The fourth-order valence-electron chi connectivity index (χ4n) is 2.18. The Balaban J connectivity index is 2.16. The molecule has 1 heterocycles. The SMILES string of the molecule is CC(CO)(Nc1ccccc1Br)C1CCOC1. The van der Waals surface area contributed by atoms with Crippen molar-refractivity contribution < 1.29 is 9.84 Å². The Morgan fingerprint density at radius 1 is 1.53 bits per heavy atom. The Bertz CT molecular complexity index is 379. The number of halogens is 1. The molecule has 0 amide bonds. The minimum absolute atomic E-state index is 0.0996. The molecular weight excluding hydrogens is 282 g/mol. The lowest BCUT2D eigenvalue weighted by molar-refractivity contribution is 0.137. The smallest absolute Gasteiger partial charge is 0.0662 e. The molecule has 1 aromatic carbocycles. The van der Waals surface area contributed by atoms with E-state index in [0.717, 1.165) is 23.2 Å². The predicted molar refractivity (Wildman–Crippen MR) is 72.2 cm³/mol. The number of para-hydroxylation sites is 1. The normalized spacial score (nSPS) is 23.4. The average molecular weight is 300 g/mol. The summed E-state index contributed by atoms with van der Waals surface area (Å²) in [5.74, 6) is 0.347. The van der Waals surface area contributed by atoms with Crippen LogP contribution in [0.15, 0.2) is 28.7 Å². The lowest BCUT2D eigenvalue weighted by Crippen LogP contribution is -2.46. The Hall–Kier alpha value is -0.580. The van der Waals surface area contributed by atoms with Gasteiger partial charge < -0.3 is 15.2 Å². The topological polar surface area (TPSA) is 41.5 Å². The van der Waals surface area contributed by atoms with Crippen molar-refractivity contribution in [3.05, 3.63) is 28.7 Å².